The molecule has 0 saturated carbocycles. The lowest BCUT2D eigenvalue weighted by molar-refractivity contribution is 0.215. The van der Waals surface area contributed by atoms with Crippen LogP contribution in [0.4, 0.5) is 0 Å². The molecule has 0 fully saturated rings. The molecule has 0 bridgehead atoms. The van der Waals surface area contributed by atoms with Gasteiger partial charge in [0.25, 0.3) is 0 Å². The molecule has 0 spiro atoms. The molecule has 1 aliphatic heterocycles. The molecule has 3 heteroatoms. The minimum atomic E-state index is 0.154. The Balaban J connectivity index is 2.28. The highest BCUT2D eigenvalue weighted by atomic mass is 16.5. The van der Waals surface area contributed by atoms with E-state index in [0.717, 1.165) is 31.0 Å². The van der Waals surface area contributed by atoms with Crippen LogP contribution in [0.3, 0.4) is 0 Å². The Hall–Kier alpha value is -1.35. The van der Waals surface area contributed by atoms with Crippen molar-refractivity contribution in [3.63, 3.8) is 0 Å². The third-order valence-electron chi connectivity index (χ3n) is 2.78. The van der Waals surface area contributed by atoms with Crippen LogP contribution in [0.2, 0.25) is 0 Å². The van der Waals surface area contributed by atoms with Crippen molar-refractivity contribution >= 4 is 0 Å². The maximum absolute atomic E-state index is 5.65. The third kappa shape index (κ3) is 2.25. The fourth-order valence-corrected chi connectivity index (χ4v) is 2.01. The van der Waals surface area contributed by atoms with Crippen LogP contribution in [0.5, 0.6) is 0 Å². The van der Waals surface area contributed by atoms with Crippen LogP contribution >= 0.6 is 0 Å². The standard InChI is InChI=1S/C13H18N2O/c1-3-14-13(12-7-5-9-16-12)11-6-4-8-15-10(11)2/h4,6-8,13-14H,3,5,9H2,1-2H3. The summed E-state index contributed by atoms with van der Waals surface area (Å²) in [6.45, 7) is 5.86. The van der Waals surface area contributed by atoms with Crippen LogP contribution in [-0.4, -0.2) is 18.1 Å². The second-order valence-corrected chi connectivity index (χ2v) is 3.91. The van der Waals surface area contributed by atoms with E-state index in [2.05, 4.69) is 29.4 Å². The van der Waals surface area contributed by atoms with Crippen molar-refractivity contribution in [1.29, 1.82) is 0 Å². The molecular weight excluding hydrogens is 200 g/mol. The normalized spacial score (nSPS) is 16.8. The van der Waals surface area contributed by atoms with Gasteiger partial charge < -0.3 is 10.1 Å². The van der Waals surface area contributed by atoms with E-state index in [9.17, 15) is 0 Å². The monoisotopic (exact) mass is 218 g/mol. The number of pyridine rings is 1. The summed E-state index contributed by atoms with van der Waals surface area (Å²) in [5.74, 6) is 1.04. The summed E-state index contributed by atoms with van der Waals surface area (Å²) in [7, 11) is 0. The van der Waals surface area contributed by atoms with Gasteiger partial charge in [-0.3, -0.25) is 4.98 Å². The fourth-order valence-electron chi connectivity index (χ4n) is 2.01. The summed E-state index contributed by atoms with van der Waals surface area (Å²) in [6, 6.07) is 4.24. The molecule has 2 rings (SSSR count). The Morgan fingerprint density at radius 2 is 2.44 bits per heavy atom. The highest BCUT2D eigenvalue weighted by Gasteiger charge is 2.21. The molecule has 0 amide bonds. The van der Waals surface area contributed by atoms with Gasteiger partial charge >= 0.3 is 0 Å². The predicted molar refractivity (Wildman–Crippen MR) is 64.0 cm³/mol. The van der Waals surface area contributed by atoms with E-state index in [0.29, 0.717) is 0 Å². The number of aryl methyl sites for hydroxylation is 1. The second kappa shape index (κ2) is 5.12. The summed E-state index contributed by atoms with van der Waals surface area (Å²) in [4.78, 5) is 4.33. The molecule has 0 radical (unpaired) electrons. The van der Waals surface area contributed by atoms with Gasteiger partial charge in [0.1, 0.15) is 5.76 Å². The van der Waals surface area contributed by atoms with Gasteiger partial charge in [-0.25, -0.2) is 0 Å². The van der Waals surface area contributed by atoms with Gasteiger partial charge in [0.05, 0.1) is 12.6 Å². The summed E-state index contributed by atoms with van der Waals surface area (Å²) in [5.41, 5.74) is 2.27. The zero-order valence-corrected chi connectivity index (χ0v) is 9.86. The first kappa shape index (κ1) is 11.1. The van der Waals surface area contributed by atoms with Gasteiger partial charge in [0, 0.05) is 18.3 Å². The number of likely N-dealkylation sites (N-methyl/N-ethyl adjacent to an activating group) is 1. The molecule has 1 aromatic rings. The van der Waals surface area contributed by atoms with Gasteiger partial charge in [-0.1, -0.05) is 13.0 Å². The predicted octanol–water partition coefficient (Wildman–Crippen LogP) is 2.34. The van der Waals surface area contributed by atoms with Crippen molar-refractivity contribution in [2.75, 3.05) is 13.2 Å². The van der Waals surface area contributed by atoms with Crippen molar-refractivity contribution < 1.29 is 4.74 Å². The molecule has 1 N–H and O–H groups in total. The Bertz CT molecular complexity index is 387. The minimum absolute atomic E-state index is 0.154. The molecule has 1 atom stereocenters. The minimum Gasteiger partial charge on any atom is -0.496 e. The van der Waals surface area contributed by atoms with Gasteiger partial charge in [-0.05, 0) is 31.2 Å². The zero-order chi connectivity index (χ0) is 11.4. The van der Waals surface area contributed by atoms with E-state index in [-0.39, 0.29) is 6.04 Å². The SMILES string of the molecule is CCNC(C1=CCCO1)c1cccnc1C. The van der Waals surface area contributed by atoms with Crippen LogP contribution in [-0.2, 0) is 4.74 Å². The number of hydrogen-bond acceptors (Lipinski definition) is 3. The number of rotatable bonds is 4. The quantitative estimate of drug-likeness (QED) is 0.842. The van der Waals surface area contributed by atoms with E-state index < -0.39 is 0 Å². The molecule has 86 valence electrons. The van der Waals surface area contributed by atoms with E-state index in [1.165, 1.54) is 5.56 Å². The Morgan fingerprint density at radius 1 is 1.56 bits per heavy atom. The molecule has 0 aromatic carbocycles. The van der Waals surface area contributed by atoms with Gasteiger partial charge in [0.2, 0.25) is 0 Å². The van der Waals surface area contributed by atoms with E-state index in [4.69, 9.17) is 4.74 Å². The Kier molecular flexibility index (Phi) is 3.57. The van der Waals surface area contributed by atoms with Crippen molar-refractivity contribution in [2.45, 2.75) is 26.3 Å². The van der Waals surface area contributed by atoms with E-state index in [1.807, 2.05) is 19.2 Å². The smallest absolute Gasteiger partial charge is 0.114 e. The second-order valence-electron chi connectivity index (χ2n) is 3.91. The lowest BCUT2D eigenvalue weighted by atomic mass is 10.0. The summed E-state index contributed by atoms with van der Waals surface area (Å²) in [6.07, 6.45) is 5.00. The zero-order valence-electron chi connectivity index (χ0n) is 9.86. The molecule has 2 heterocycles. The number of nitrogens with zero attached hydrogens (tertiary/aromatic N) is 1. The summed E-state index contributed by atoms with van der Waals surface area (Å²) in [5, 5.41) is 3.45. The number of hydrogen-bond donors (Lipinski definition) is 1. The molecule has 0 saturated heterocycles. The maximum atomic E-state index is 5.65. The largest absolute Gasteiger partial charge is 0.496 e. The highest BCUT2D eigenvalue weighted by Crippen LogP contribution is 2.27. The van der Waals surface area contributed by atoms with Crippen molar-refractivity contribution in [3.05, 3.63) is 41.4 Å². The van der Waals surface area contributed by atoms with Gasteiger partial charge in [-0.15, -0.1) is 0 Å². The lowest BCUT2D eigenvalue weighted by Gasteiger charge is -2.20. The van der Waals surface area contributed by atoms with Crippen LogP contribution in [0, 0.1) is 6.92 Å². The maximum Gasteiger partial charge on any atom is 0.114 e. The molecule has 0 aliphatic carbocycles. The van der Waals surface area contributed by atoms with Crippen molar-refractivity contribution in [3.8, 4) is 0 Å². The van der Waals surface area contributed by atoms with Crippen LogP contribution in [0.25, 0.3) is 0 Å². The van der Waals surface area contributed by atoms with Crippen LogP contribution < -0.4 is 5.32 Å². The van der Waals surface area contributed by atoms with Crippen LogP contribution in [0.15, 0.2) is 30.2 Å². The van der Waals surface area contributed by atoms with Gasteiger partial charge in [0.15, 0.2) is 0 Å². The number of nitrogens with one attached hydrogen (secondary N) is 1. The average Bonchev–Trinajstić information content (AvgIpc) is 2.80. The summed E-state index contributed by atoms with van der Waals surface area (Å²) >= 11 is 0. The molecule has 1 aromatic heterocycles. The fraction of sp³-hybridized carbons (Fsp3) is 0.462. The topological polar surface area (TPSA) is 34.1 Å². The molecule has 1 aliphatic rings. The Morgan fingerprint density at radius 3 is 3.06 bits per heavy atom. The number of ether oxygens (including phenoxy) is 1. The van der Waals surface area contributed by atoms with Gasteiger partial charge in [-0.2, -0.15) is 0 Å². The first-order chi connectivity index (χ1) is 7.83. The third-order valence-corrected chi connectivity index (χ3v) is 2.78. The highest BCUT2D eigenvalue weighted by molar-refractivity contribution is 5.29. The van der Waals surface area contributed by atoms with Crippen molar-refractivity contribution in [2.24, 2.45) is 0 Å². The molecule has 1 unspecified atom stereocenters. The first-order valence-electron chi connectivity index (χ1n) is 5.80. The van der Waals surface area contributed by atoms with Crippen LogP contribution in [0.1, 0.15) is 30.6 Å². The Labute approximate surface area is 96.5 Å². The number of aromatic nitrogens is 1. The molecule has 3 nitrogen and oxygen atoms in total. The molecule has 16 heavy (non-hydrogen) atoms. The molecular formula is C13H18N2O. The first-order valence-corrected chi connectivity index (χ1v) is 5.80. The lowest BCUT2D eigenvalue weighted by Crippen LogP contribution is -2.24. The van der Waals surface area contributed by atoms with Crippen molar-refractivity contribution in [1.82, 2.24) is 10.3 Å². The average molecular weight is 218 g/mol. The summed E-state index contributed by atoms with van der Waals surface area (Å²) < 4.78 is 5.65. The van der Waals surface area contributed by atoms with E-state index >= 15 is 0 Å². The van der Waals surface area contributed by atoms with E-state index in [1.54, 1.807) is 0 Å².